The normalized spacial score (nSPS) is 26.2. The summed E-state index contributed by atoms with van der Waals surface area (Å²) in [5, 5.41) is 0. The molecule has 0 N–H and O–H groups in total. The van der Waals surface area contributed by atoms with Crippen LogP contribution in [0.4, 0.5) is 5.69 Å². The van der Waals surface area contributed by atoms with Crippen molar-refractivity contribution in [2.24, 2.45) is 0 Å². The van der Waals surface area contributed by atoms with Crippen LogP contribution in [0.1, 0.15) is 44.1 Å². The summed E-state index contributed by atoms with van der Waals surface area (Å²) in [4.78, 5) is 11.4. The second kappa shape index (κ2) is 5.25. The molecule has 0 aliphatic carbocycles. The van der Waals surface area contributed by atoms with Crippen LogP contribution in [0.25, 0.3) is 0 Å². The van der Waals surface area contributed by atoms with E-state index in [2.05, 4.69) is 28.7 Å². The minimum absolute atomic E-state index is 0.330. The maximum absolute atomic E-state index is 6.07. The van der Waals surface area contributed by atoms with Gasteiger partial charge in [0.2, 0.25) is 0 Å². The van der Waals surface area contributed by atoms with Crippen LogP contribution in [-0.2, 0) is 10.6 Å². The second-order valence-corrected chi connectivity index (χ2v) is 5.98. The molecule has 0 saturated carbocycles. The first-order valence-electron chi connectivity index (χ1n) is 6.99. The zero-order valence-corrected chi connectivity index (χ0v) is 12.2. The van der Waals surface area contributed by atoms with Crippen LogP contribution in [0.2, 0.25) is 0 Å². The molecular weight excluding hydrogens is 262 g/mol. The summed E-state index contributed by atoms with van der Waals surface area (Å²) in [6.07, 6.45) is 5.01. The van der Waals surface area contributed by atoms with E-state index in [9.17, 15) is 0 Å². The number of fused-ring (bicyclic) bond motifs is 2. The predicted octanol–water partition coefficient (Wildman–Crippen LogP) is 2.71. The molecule has 2 unspecified atom stereocenters. The van der Waals surface area contributed by atoms with Crippen molar-refractivity contribution >= 4 is 17.3 Å². The Balaban J connectivity index is 1.87. The third-order valence-electron chi connectivity index (χ3n) is 3.89. The molecule has 2 aliphatic heterocycles. The third-order valence-corrected chi connectivity index (χ3v) is 4.14. The smallest absolute Gasteiger partial charge is 0.131 e. The largest absolute Gasteiger partial charge is 0.371 e. The number of rotatable bonds is 3. The highest BCUT2D eigenvalue weighted by Crippen LogP contribution is 2.31. The van der Waals surface area contributed by atoms with E-state index < -0.39 is 0 Å². The Bertz CT molecular complexity index is 454. The van der Waals surface area contributed by atoms with Gasteiger partial charge >= 0.3 is 0 Å². The van der Waals surface area contributed by atoms with Gasteiger partial charge in [0.1, 0.15) is 5.82 Å². The fourth-order valence-corrected chi connectivity index (χ4v) is 3.08. The van der Waals surface area contributed by atoms with Crippen LogP contribution in [0.3, 0.4) is 0 Å². The maximum Gasteiger partial charge on any atom is 0.131 e. The van der Waals surface area contributed by atoms with Crippen LogP contribution in [0, 0.1) is 0 Å². The quantitative estimate of drug-likeness (QED) is 0.799. The van der Waals surface area contributed by atoms with Gasteiger partial charge in [0.15, 0.2) is 0 Å². The van der Waals surface area contributed by atoms with Crippen molar-refractivity contribution in [3.05, 3.63) is 17.7 Å². The SMILES string of the molecule is CC(C)c1ncc(N2CC3CCC(C2)O3)c(CCl)n1. The second-order valence-electron chi connectivity index (χ2n) is 5.71. The molecule has 1 aromatic rings. The molecular formula is C14H20ClN3O. The lowest BCUT2D eigenvalue weighted by Crippen LogP contribution is -2.43. The minimum atomic E-state index is 0.330. The molecule has 0 aromatic carbocycles. The molecule has 0 amide bonds. The van der Waals surface area contributed by atoms with Crippen molar-refractivity contribution in [2.75, 3.05) is 18.0 Å². The van der Waals surface area contributed by atoms with Crippen molar-refractivity contribution in [2.45, 2.75) is 50.7 Å². The summed E-state index contributed by atoms with van der Waals surface area (Å²) in [6, 6.07) is 0. The van der Waals surface area contributed by atoms with Crippen molar-refractivity contribution in [1.29, 1.82) is 0 Å². The number of anilines is 1. The summed E-state index contributed by atoms with van der Waals surface area (Å²) in [5.74, 6) is 1.64. The molecule has 2 saturated heterocycles. The van der Waals surface area contributed by atoms with Crippen LogP contribution in [0.5, 0.6) is 0 Å². The Morgan fingerprint density at radius 2 is 2.05 bits per heavy atom. The Morgan fingerprint density at radius 1 is 1.37 bits per heavy atom. The number of hydrogen-bond donors (Lipinski definition) is 0. The fourth-order valence-electron chi connectivity index (χ4n) is 2.88. The lowest BCUT2D eigenvalue weighted by molar-refractivity contribution is 0.0304. The lowest BCUT2D eigenvalue weighted by Gasteiger charge is -2.34. The predicted molar refractivity (Wildman–Crippen MR) is 75.8 cm³/mol. The number of morpholine rings is 1. The first-order valence-corrected chi connectivity index (χ1v) is 7.53. The zero-order chi connectivity index (χ0) is 13.4. The molecule has 3 rings (SSSR count). The molecule has 5 heteroatoms. The summed E-state index contributed by atoms with van der Waals surface area (Å²) in [7, 11) is 0. The number of alkyl halides is 1. The van der Waals surface area contributed by atoms with Crippen LogP contribution < -0.4 is 4.90 Å². The van der Waals surface area contributed by atoms with Gasteiger partial charge in [-0.2, -0.15) is 0 Å². The molecule has 104 valence electrons. The van der Waals surface area contributed by atoms with Crippen molar-refractivity contribution in [1.82, 2.24) is 9.97 Å². The molecule has 4 nitrogen and oxygen atoms in total. The fraction of sp³-hybridized carbons (Fsp3) is 0.714. The van der Waals surface area contributed by atoms with Gasteiger partial charge in [0, 0.05) is 19.0 Å². The molecule has 0 radical (unpaired) electrons. The number of hydrogen-bond acceptors (Lipinski definition) is 4. The van der Waals surface area contributed by atoms with Gasteiger partial charge in [-0.15, -0.1) is 11.6 Å². The Kier molecular flexibility index (Phi) is 3.63. The monoisotopic (exact) mass is 281 g/mol. The third kappa shape index (κ3) is 2.56. The van der Waals surface area contributed by atoms with Crippen LogP contribution in [-0.4, -0.2) is 35.3 Å². The molecule has 1 aromatic heterocycles. The van der Waals surface area contributed by atoms with Gasteiger partial charge in [-0.1, -0.05) is 13.8 Å². The average molecular weight is 282 g/mol. The first-order chi connectivity index (χ1) is 9.17. The molecule has 19 heavy (non-hydrogen) atoms. The number of halogens is 1. The van der Waals surface area contributed by atoms with E-state index in [0.29, 0.717) is 24.0 Å². The topological polar surface area (TPSA) is 38.2 Å². The number of ether oxygens (including phenoxy) is 1. The highest BCUT2D eigenvalue weighted by Gasteiger charge is 2.34. The highest BCUT2D eigenvalue weighted by atomic mass is 35.5. The van der Waals surface area contributed by atoms with Crippen LogP contribution >= 0.6 is 11.6 Å². The Morgan fingerprint density at radius 3 is 2.63 bits per heavy atom. The van der Waals surface area contributed by atoms with E-state index in [1.54, 1.807) is 0 Å². The molecule has 2 aliphatic rings. The van der Waals surface area contributed by atoms with Crippen LogP contribution in [0.15, 0.2) is 6.20 Å². The molecule has 2 fully saturated rings. The standard InChI is InChI=1S/C14H20ClN3O/c1-9(2)14-16-6-13(12(5-15)17-14)18-7-10-3-4-11(8-18)19-10/h6,9-11H,3-5,7-8H2,1-2H3. The van der Waals surface area contributed by atoms with E-state index in [0.717, 1.165) is 30.3 Å². The first kappa shape index (κ1) is 13.1. The van der Waals surface area contributed by atoms with Gasteiger partial charge in [-0.25, -0.2) is 9.97 Å². The zero-order valence-electron chi connectivity index (χ0n) is 11.5. The van der Waals surface area contributed by atoms with Gasteiger partial charge in [0.25, 0.3) is 0 Å². The minimum Gasteiger partial charge on any atom is -0.371 e. The maximum atomic E-state index is 6.07. The summed E-state index contributed by atoms with van der Waals surface area (Å²) in [6.45, 7) is 6.07. The van der Waals surface area contributed by atoms with Gasteiger partial charge in [0.05, 0.1) is 35.7 Å². The molecule has 3 heterocycles. The van der Waals surface area contributed by atoms with Crippen molar-refractivity contribution < 1.29 is 4.74 Å². The van der Waals surface area contributed by atoms with E-state index in [1.165, 1.54) is 12.8 Å². The summed E-state index contributed by atoms with van der Waals surface area (Å²) >= 11 is 6.07. The number of nitrogens with zero attached hydrogens (tertiary/aromatic N) is 3. The Hall–Kier alpha value is -0.870. The van der Waals surface area contributed by atoms with Gasteiger partial charge in [-0.05, 0) is 12.8 Å². The van der Waals surface area contributed by atoms with E-state index in [-0.39, 0.29) is 0 Å². The molecule has 2 atom stereocenters. The number of aromatic nitrogens is 2. The van der Waals surface area contributed by atoms with E-state index in [4.69, 9.17) is 16.3 Å². The lowest BCUT2D eigenvalue weighted by atomic mass is 10.2. The van der Waals surface area contributed by atoms with Crippen molar-refractivity contribution in [3.63, 3.8) is 0 Å². The Labute approximate surface area is 119 Å². The summed E-state index contributed by atoms with van der Waals surface area (Å²) < 4.78 is 5.87. The van der Waals surface area contributed by atoms with E-state index >= 15 is 0 Å². The summed E-state index contributed by atoms with van der Waals surface area (Å²) in [5.41, 5.74) is 2.03. The highest BCUT2D eigenvalue weighted by molar-refractivity contribution is 6.17. The van der Waals surface area contributed by atoms with Gasteiger partial charge < -0.3 is 9.64 Å². The van der Waals surface area contributed by atoms with Gasteiger partial charge in [-0.3, -0.25) is 0 Å². The van der Waals surface area contributed by atoms with Crippen molar-refractivity contribution in [3.8, 4) is 0 Å². The van der Waals surface area contributed by atoms with E-state index in [1.807, 2.05) is 6.20 Å². The average Bonchev–Trinajstić information content (AvgIpc) is 2.76. The molecule has 0 spiro atoms. The molecule has 2 bridgehead atoms.